The molecule has 4 N–H and O–H groups in total. The maximum Gasteiger partial charge on any atom is 0.404 e. The van der Waals surface area contributed by atoms with Crippen molar-refractivity contribution in [3.8, 4) is 0 Å². The zero-order valence-corrected chi connectivity index (χ0v) is 17.6. The van der Waals surface area contributed by atoms with Gasteiger partial charge in [0.15, 0.2) is 0 Å². The van der Waals surface area contributed by atoms with E-state index < -0.39 is 36.3 Å². The molecule has 0 aliphatic carbocycles. The van der Waals surface area contributed by atoms with Gasteiger partial charge in [0.1, 0.15) is 25.4 Å². The van der Waals surface area contributed by atoms with E-state index >= 15 is 0 Å². The number of ether oxygens (including phenoxy) is 4. The van der Waals surface area contributed by atoms with E-state index in [0.717, 1.165) is 12.8 Å². The number of rotatable bonds is 15. The molecule has 0 fully saturated rings. The third-order valence-corrected chi connectivity index (χ3v) is 3.87. The Morgan fingerprint density at radius 3 is 1.30 bits per heavy atom. The van der Waals surface area contributed by atoms with Crippen molar-refractivity contribution < 1.29 is 38.1 Å². The number of nitrogens with two attached hydrogens (primary N) is 2. The number of primary amides is 2. The van der Waals surface area contributed by atoms with E-state index in [1.807, 2.05) is 0 Å². The van der Waals surface area contributed by atoms with Crippen LogP contribution in [0, 0.1) is 0 Å². The van der Waals surface area contributed by atoms with Gasteiger partial charge in [-0.1, -0.05) is 26.0 Å². The molecule has 0 aromatic carbocycles. The van der Waals surface area contributed by atoms with E-state index in [0.29, 0.717) is 25.7 Å². The van der Waals surface area contributed by atoms with Crippen LogP contribution in [0.5, 0.6) is 0 Å². The maximum atomic E-state index is 11.7. The SMILES string of the molecule is C=C(C)C(=O)OC(CCCCCCC(COC(N)=O)OC(=O)C(=C)C)COC(N)=O. The van der Waals surface area contributed by atoms with Gasteiger partial charge in [-0.25, -0.2) is 19.2 Å². The molecule has 0 aliphatic heterocycles. The van der Waals surface area contributed by atoms with Crippen LogP contribution in [0.25, 0.3) is 0 Å². The van der Waals surface area contributed by atoms with Crippen molar-refractivity contribution >= 4 is 24.1 Å². The number of amides is 2. The van der Waals surface area contributed by atoms with Gasteiger partial charge in [-0.15, -0.1) is 0 Å². The summed E-state index contributed by atoms with van der Waals surface area (Å²) in [5.41, 5.74) is 10.4. The van der Waals surface area contributed by atoms with E-state index in [-0.39, 0.29) is 24.4 Å². The van der Waals surface area contributed by atoms with E-state index in [4.69, 9.17) is 30.4 Å². The van der Waals surface area contributed by atoms with Gasteiger partial charge in [-0.2, -0.15) is 0 Å². The summed E-state index contributed by atoms with van der Waals surface area (Å²) in [6.07, 6.45) is 0.806. The molecule has 0 aliphatic rings. The lowest BCUT2D eigenvalue weighted by Gasteiger charge is -2.18. The minimum Gasteiger partial charge on any atom is -0.455 e. The standard InChI is InChI=1S/C20H32N2O8/c1-13(2)17(23)29-15(11-27-19(21)25)9-7-5-6-8-10-16(12-28-20(22)26)30-18(24)14(3)4/h15-16H,1,3,5-12H2,2,4H3,(H2,21,25)(H2,22,26). The van der Waals surface area contributed by atoms with Crippen molar-refractivity contribution in [1.82, 2.24) is 0 Å². The Balaban J connectivity index is 4.36. The van der Waals surface area contributed by atoms with Crippen LogP contribution in [0.1, 0.15) is 52.4 Å². The van der Waals surface area contributed by atoms with Crippen LogP contribution in [0.3, 0.4) is 0 Å². The van der Waals surface area contributed by atoms with Crippen molar-refractivity contribution in [2.24, 2.45) is 11.5 Å². The third kappa shape index (κ3) is 14.0. The topological polar surface area (TPSA) is 157 Å². The van der Waals surface area contributed by atoms with Crippen LogP contribution in [-0.2, 0) is 28.5 Å². The smallest absolute Gasteiger partial charge is 0.404 e. The Hall–Kier alpha value is -3.04. The molecule has 2 amide bonds. The second kappa shape index (κ2) is 14.9. The van der Waals surface area contributed by atoms with Crippen LogP contribution < -0.4 is 11.5 Å². The van der Waals surface area contributed by atoms with E-state index in [1.54, 1.807) is 0 Å². The Kier molecular flexibility index (Phi) is 13.4. The van der Waals surface area contributed by atoms with Crippen molar-refractivity contribution in [2.45, 2.75) is 64.6 Å². The number of esters is 2. The number of unbranched alkanes of at least 4 members (excludes halogenated alkanes) is 3. The van der Waals surface area contributed by atoms with E-state index in [9.17, 15) is 19.2 Å². The van der Waals surface area contributed by atoms with Crippen molar-refractivity contribution in [2.75, 3.05) is 13.2 Å². The molecule has 2 atom stereocenters. The fourth-order valence-electron chi connectivity index (χ4n) is 2.30. The van der Waals surface area contributed by atoms with Gasteiger partial charge in [0, 0.05) is 11.1 Å². The van der Waals surface area contributed by atoms with Gasteiger partial charge in [0.2, 0.25) is 0 Å². The minimum atomic E-state index is -0.945. The van der Waals surface area contributed by atoms with Gasteiger partial charge in [-0.3, -0.25) is 0 Å². The number of carbonyl (C=O) groups excluding carboxylic acids is 4. The Morgan fingerprint density at radius 2 is 1.03 bits per heavy atom. The summed E-state index contributed by atoms with van der Waals surface area (Å²) in [5.74, 6) is -1.13. The Bertz CT molecular complexity index is 578. The van der Waals surface area contributed by atoms with Crippen molar-refractivity contribution in [3.05, 3.63) is 24.3 Å². The highest BCUT2D eigenvalue weighted by Crippen LogP contribution is 2.14. The second-order valence-corrected chi connectivity index (χ2v) is 6.87. The highest BCUT2D eigenvalue weighted by atomic mass is 16.6. The van der Waals surface area contributed by atoms with E-state index in [1.165, 1.54) is 13.8 Å². The molecule has 2 unspecified atom stereocenters. The molecule has 0 aromatic heterocycles. The molecule has 10 heteroatoms. The first-order valence-corrected chi connectivity index (χ1v) is 9.60. The second-order valence-electron chi connectivity index (χ2n) is 6.87. The van der Waals surface area contributed by atoms with Gasteiger partial charge >= 0.3 is 24.1 Å². The summed E-state index contributed by atoms with van der Waals surface area (Å²) in [5, 5.41) is 0. The normalized spacial score (nSPS) is 12.2. The van der Waals surface area contributed by atoms with Crippen molar-refractivity contribution in [3.63, 3.8) is 0 Å². The van der Waals surface area contributed by atoms with Crippen molar-refractivity contribution in [1.29, 1.82) is 0 Å². The Morgan fingerprint density at radius 1 is 0.700 bits per heavy atom. The summed E-state index contributed by atoms with van der Waals surface area (Å²) in [6, 6.07) is 0. The Labute approximate surface area is 176 Å². The first kappa shape index (κ1) is 27.0. The van der Waals surface area contributed by atoms with Crippen LogP contribution in [0.2, 0.25) is 0 Å². The van der Waals surface area contributed by atoms with Crippen LogP contribution in [0.15, 0.2) is 24.3 Å². The lowest BCUT2D eigenvalue weighted by Crippen LogP contribution is -2.27. The van der Waals surface area contributed by atoms with Crippen LogP contribution >= 0.6 is 0 Å². The van der Waals surface area contributed by atoms with Gasteiger partial charge in [0.25, 0.3) is 0 Å². The number of hydrogen-bond acceptors (Lipinski definition) is 8. The summed E-state index contributed by atoms with van der Waals surface area (Å²) in [7, 11) is 0. The molecule has 0 bridgehead atoms. The van der Waals surface area contributed by atoms with Gasteiger partial charge < -0.3 is 30.4 Å². The molecule has 0 heterocycles. The van der Waals surface area contributed by atoms with Crippen LogP contribution in [-0.4, -0.2) is 49.5 Å². The summed E-state index contributed by atoms with van der Waals surface area (Å²) < 4.78 is 19.9. The average Bonchev–Trinajstić information content (AvgIpc) is 2.65. The molecule has 0 saturated carbocycles. The highest BCUT2D eigenvalue weighted by Gasteiger charge is 2.18. The first-order chi connectivity index (χ1) is 14.0. The molecule has 30 heavy (non-hydrogen) atoms. The lowest BCUT2D eigenvalue weighted by molar-refractivity contribution is -0.147. The first-order valence-electron chi connectivity index (χ1n) is 9.60. The molecule has 0 saturated heterocycles. The fourth-order valence-corrected chi connectivity index (χ4v) is 2.30. The monoisotopic (exact) mass is 428 g/mol. The van der Waals surface area contributed by atoms with E-state index in [2.05, 4.69) is 13.2 Å². The quantitative estimate of drug-likeness (QED) is 0.174. The average molecular weight is 428 g/mol. The third-order valence-electron chi connectivity index (χ3n) is 3.87. The van der Waals surface area contributed by atoms with Gasteiger partial charge in [0.05, 0.1) is 0 Å². The summed E-state index contributed by atoms with van der Waals surface area (Å²) in [6.45, 7) is 9.81. The zero-order chi connectivity index (χ0) is 23.1. The number of hydrogen-bond donors (Lipinski definition) is 2. The molecule has 0 radical (unpaired) electrons. The fraction of sp³-hybridized carbons (Fsp3) is 0.600. The molecule has 0 rings (SSSR count). The molecule has 170 valence electrons. The maximum absolute atomic E-state index is 11.7. The summed E-state index contributed by atoms with van der Waals surface area (Å²) in [4.78, 5) is 44.9. The minimum absolute atomic E-state index is 0.127. The van der Waals surface area contributed by atoms with Crippen LogP contribution in [0.4, 0.5) is 9.59 Å². The molecule has 10 nitrogen and oxygen atoms in total. The molecule has 0 aromatic rings. The molecule has 0 spiro atoms. The zero-order valence-electron chi connectivity index (χ0n) is 17.6. The van der Waals surface area contributed by atoms with Gasteiger partial charge in [-0.05, 0) is 39.5 Å². The highest BCUT2D eigenvalue weighted by molar-refractivity contribution is 5.87. The predicted molar refractivity (Wildman–Crippen MR) is 108 cm³/mol. The lowest BCUT2D eigenvalue weighted by atomic mass is 10.1. The number of carbonyl (C=O) groups is 4. The summed E-state index contributed by atoms with van der Waals surface area (Å²) >= 11 is 0. The largest absolute Gasteiger partial charge is 0.455 e. The molecular weight excluding hydrogens is 396 g/mol. The molecular formula is C20H32N2O8. The predicted octanol–water partition coefficient (Wildman–Crippen LogP) is 2.49.